The van der Waals surface area contributed by atoms with Crippen LogP contribution in [0.5, 0.6) is 11.5 Å². The van der Waals surface area contributed by atoms with Crippen molar-refractivity contribution < 1.29 is 4.74 Å². The van der Waals surface area contributed by atoms with E-state index in [0.717, 1.165) is 115 Å². The Morgan fingerprint density at radius 2 is 1.19 bits per heavy atom. The Labute approximate surface area is 416 Å². The number of hydrogen-bond acceptors (Lipinski definition) is 6. The molecule has 0 saturated heterocycles. The summed E-state index contributed by atoms with van der Waals surface area (Å²) in [5, 5.41) is 14.2. The van der Waals surface area contributed by atoms with Crippen LogP contribution < -0.4 is 9.64 Å². The summed E-state index contributed by atoms with van der Waals surface area (Å²) in [4.78, 5) is 22.6. The predicted octanol–water partition coefficient (Wildman–Crippen LogP) is 16.0. The van der Waals surface area contributed by atoms with E-state index in [1.54, 1.807) is 11.8 Å². The Bertz CT molecular complexity index is 4550. The van der Waals surface area contributed by atoms with Crippen LogP contribution in [0.4, 0.5) is 28.4 Å². The minimum Gasteiger partial charge on any atom is -0.454 e. The summed E-state index contributed by atoms with van der Waals surface area (Å²) in [7, 11) is 0. The Balaban J connectivity index is 1.06. The lowest BCUT2D eigenvalue weighted by Crippen LogP contribution is -2.34. The molecule has 0 N–H and O–H groups in total. The van der Waals surface area contributed by atoms with Crippen LogP contribution in [0.1, 0.15) is 27.8 Å². The Hall–Kier alpha value is -9.92. The molecule has 1 atom stereocenters. The maximum atomic E-state index is 10.0. The van der Waals surface area contributed by atoms with Gasteiger partial charge in [0, 0.05) is 49.0 Å². The van der Waals surface area contributed by atoms with Crippen molar-refractivity contribution in [1.29, 1.82) is 5.26 Å². The van der Waals surface area contributed by atoms with Gasteiger partial charge in [-0.1, -0.05) is 90.6 Å². The zero-order valence-corrected chi connectivity index (χ0v) is 38.7. The van der Waals surface area contributed by atoms with Crippen molar-refractivity contribution >= 4 is 83.8 Å². The lowest BCUT2D eigenvalue weighted by Gasteiger charge is -2.43. The van der Waals surface area contributed by atoms with E-state index in [4.69, 9.17) is 27.8 Å². The van der Waals surface area contributed by atoms with Crippen molar-refractivity contribution in [2.24, 2.45) is 0 Å². The number of nitrogens with zero attached hydrogens (tertiary/aromatic N) is 8. The molecule has 0 saturated carbocycles. The number of ether oxygens (including phenoxy) is 1. The van der Waals surface area contributed by atoms with E-state index in [1.165, 1.54) is 0 Å². The van der Waals surface area contributed by atoms with E-state index in [-0.39, 0.29) is 0 Å². The van der Waals surface area contributed by atoms with Gasteiger partial charge in [-0.3, -0.25) is 9.97 Å². The predicted molar refractivity (Wildman–Crippen MR) is 284 cm³/mol. The van der Waals surface area contributed by atoms with Crippen molar-refractivity contribution in [3.63, 3.8) is 0 Å². The first-order valence-corrected chi connectivity index (χ1v) is 24.2. The first-order valence-electron chi connectivity index (χ1n) is 23.4. The lowest BCUT2D eigenvalue weighted by atomic mass is 9.67. The molecule has 1 aliphatic carbocycles. The number of fused-ring (bicyclic) bond motifs is 17. The second-order valence-electron chi connectivity index (χ2n) is 18.2. The number of pyridine rings is 2. The van der Waals surface area contributed by atoms with Crippen molar-refractivity contribution in [2.45, 2.75) is 15.2 Å². The summed E-state index contributed by atoms with van der Waals surface area (Å²) in [6, 6.07) is 64.7. The van der Waals surface area contributed by atoms with Crippen LogP contribution in [0.15, 0.2) is 204 Å². The van der Waals surface area contributed by atoms with E-state index in [0.29, 0.717) is 28.4 Å². The highest BCUT2D eigenvalue weighted by molar-refractivity contribution is 7.99. The van der Waals surface area contributed by atoms with Crippen LogP contribution in [-0.2, 0) is 5.41 Å². The molecule has 1 spiro atoms. The van der Waals surface area contributed by atoms with Crippen molar-refractivity contribution in [1.82, 2.24) is 19.1 Å². The van der Waals surface area contributed by atoms with Crippen molar-refractivity contribution in [3.05, 3.63) is 245 Å². The number of benzene rings is 8. The smallest absolute Gasteiger partial charge is 0.191 e. The zero-order chi connectivity index (χ0) is 47.8. The number of aromatic nitrogens is 4. The molecule has 0 radical (unpaired) electrons. The molecule has 3 aliphatic rings. The van der Waals surface area contributed by atoms with Crippen LogP contribution >= 0.6 is 11.8 Å². The molecule has 10 heteroatoms. The first-order chi connectivity index (χ1) is 35.5. The number of nitriles is 1. The third kappa shape index (κ3) is 5.29. The van der Waals surface area contributed by atoms with Gasteiger partial charge in [-0.25, -0.2) is 9.69 Å². The Kier molecular flexibility index (Phi) is 8.22. The largest absolute Gasteiger partial charge is 0.454 e. The molecule has 4 aromatic heterocycles. The minimum atomic E-state index is -0.977. The van der Waals surface area contributed by atoms with Gasteiger partial charge in [0.25, 0.3) is 0 Å². The minimum absolute atomic E-state index is 0.493. The summed E-state index contributed by atoms with van der Waals surface area (Å²) < 4.78 is 11.2. The number of para-hydroxylation sites is 4. The van der Waals surface area contributed by atoms with Crippen molar-refractivity contribution in [3.8, 4) is 40.3 Å². The Morgan fingerprint density at radius 3 is 2.01 bits per heavy atom. The molecule has 15 rings (SSSR count). The number of rotatable bonds is 3. The number of hydrogen-bond donors (Lipinski definition) is 0. The highest BCUT2D eigenvalue weighted by atomic mass is 32.2. The van der Waals surface area contributed by atoms with Crippen molar-refractivity contribution in [2.75, 3.05) is 4.90 Å². The van der Waals surface area contributed by atoms with E-state index >= 15 is 0 Å². The Morgan fingerprint density at radius 1 is 0.514 bits per heavy atom. The lowest BCUT2D eigenvalue weighted by molar-refractivity contribution is 0.477. The van der Waals surface area contributed by atoms with Gasteiger partial charge >= 0.3 is 0 Å². The monoisotopic (exact) mass is 936 g/mol. The van der Waals surface area contributed by atoms with Gasteiger partial charge in [0.05, 0.1) is 92.6 Å². The summed E-state index contributed by atoms with van der Waals surface area (Å²) in [5.74, 6) is 1.28. The van der Waals surface area contributed by atoms with Gasteiger partial charge in [-0.15, -0.1) is 0 Å². The molecular weight excluding hydrogens is 905 g/mol. The summed E-state index contributed by atoms with van der Waals surface area (Å²) in [5.41, 5.74) is 15.1. The highest BCUT2D eigenvalue weighted by Gasteiger charge is 2.54. The first kappa shape index (κ1) is 40.0. The number of anilines is 3. The summed E-state index contributed by atoms with van der Waals surface area (Å²) in [6.45, 7) is 15.7. The molecule has 8 aromatic carbocycles. The van der Waals surface area contributed by atoms with Gasteiger partial charge in [-0.2, -0.15) is 5.26 Å². The molecular formula is C62H32N8OS. The van der Waals surface area contributed by atoms with Crippen LogP contribution in [0.25, 0.3) is 76.1 Å². The van der Waals surface area contributed by atoms with Gasteiger partial charge in [0.2, 0.25) is 0 Å². The normalized spacial score (nSPS) is 14.7. The second kappa shape index (κ2) is 14.8. The quantitative estimate of drug-likeness (QED) is 0.164. The van der Waals surface area contributed by atoms with Gasteiger partial charge in [0.15, 0.2) is 17.1 Å². The average Bonchev–Trinajstić information content (AvgIpc) is 4.05. The summed E-state index contributed by atoms with van der Waals surface area (Å²) >= 11 is 1.75. The second-order valence-corrected chi connectivity index (χ2v) is 19.3. The molecule has 0 bridgehead atoms. The fourth-order valence-corrected chi connectivity index (χ4v) is 13.1. The SMILES string of the molecule is [C-]#[N+]c1ccc2c(c1)Oc1ccccc1N2c1cccc2c1C1(c3ccc(-n4c5ccccc5c5cc([N+]#[C-])ccc54)cc3S2)c2cccnc2-c2ncc(-n3c4ccccc4c4cc(C#N)ccc43)cc21. The molecule has 0 fully saturated rings. The van der Waals surface area contributed by atoms with E-state index in [2.05, 4.69) is 133 Å². The maximum Gasteiger partial charge on any atom is 0.191 e. The maximum absolute atomic E-state index is 10.0. The van der Waals surface area contributed by atoms with Crippen LogP contribution in [0.3, 0.4) is 0 Å². The van der Waals surface area contributed by atoms with Crippen LogP contribution in [0.2, 0.25) is 0 Å². The third-order valence-electron chi connectivity index (χ3n) is 14.7. The standard InChI is InChI=1S/C62H32N8OS/c1-64-37-21-26-51-44(30-37)42-12-4-5-14-48(42)68(51)39-23-24-45-58(33-39)72-57-19-9-17-54(70-52-16-7-8-18-55(52)71-56-31-38(65-2)22-27-53(56)70)59(57)62(45)46-13-10-28-66-60(46)61-47(62)32-40(35-67-61)69-49-15-6-3-11-41(49)43-29-36(34-63)20-25-50(43)69/h3-33,35H. The molecule has 0 amide bonds. The fourth-order valence-electron chi connectivity index (χ4n) is 11.8. The van der Waals surface area contributed by atoms with Crippen LogP contribution in [0, 0.1) is 24.5 Å². The van der Waals surface area contributed by atoms with E-state index in [1.807, 2.05) is 91.3 Å². The molecule has 9 nitrogen and oxygen atoms in total. The molecule has 332 valence electrons. The molecule has 6 heterocycles. The van der Waals surface area contributed by atoms with Crippen LogP contribution in [-0.4, -0.2) is 19.1 Å². The molecule has 12 aromatic rings. The van der Waals surface area contributed by atoms with Gasteiger partial charge < -0.3 is 18.8 Å². The van der Waals surface area contributed by atoms with E-state index < -0.39 is 5.41 Å². The zero-order valence-electron chi connectivity index (χ0n) is 37.9. The van der Waals surface area contributed by atoms with Gasteiger partial charge in [0.1, 0.15) is 5.75 Å². The highest BCUT2D eigenvalue weighted by Crippen LogP contribution is 2.65. The fraction of sp³-hybridized carbons (Fsp3) is 0.0161. The molecule has 2 aliphatic heterocycles. The molecule has 72 heavy (non-hydrogen) atoms. The summed E-state index contributed by atoms with van der Waals surface area (Å²) in [6.07, 6.45) is 3.82. The average molecular weight is 937 g/mol. The van der Waals surface area contributed by atoms with E-state index in [9.17, 15) is 5.26 Å². The third-order valence-corrected chi connectivity index (χ3v) is 15.8. The molecule has 1 unspecified atom stereocenters. The topological polar surface area (TPSA) is 80.6 Å². The van der Waals surface area contributed by atoms with Gasteiger partial charge in [-0.05, 0) is 120 Å².